The van der Waals surface area contributed by atoms with Crippen molar-refractivity contribution in [2.45, 2.75) is 26.3 Å². The molecule has 0 bridgehead atoms. The van der Waals surface area contributed by atoms with Crippen molar-refractivity contribution in [3.8, 4) is 0 Å². The van der Waals surface area contributed by atoms with Crippen molar-refractivity contribution in [3.63, 3.8) is 0 Å². The topological polar surface area (TPSA) is 70.7 Å². The average Bonchev–Trinajstić information content (AvgIpc) is 2.61. The maximum absolute atomic E-state index is 12.0. The summed E-state index contributed by atoms with van der Waals surface area (Å²) in [4.78, 5) is 23.0. The molecule has 2 N–H and O–H groups in total. The second-order valence-corrected chi connectivity index (χ2v) is 4.67. The molecule has 0 aliphatic heterocycles. The van der Waals surface area contributed by atoms with Crippen LogP contribution in [0, 0.1) is 0 Å². The molecule has 2 aromatic rings. The first-order valence-electron chi connectivity index (χ1n) is 5.08. The Bertz CT molecular complexity index is 524. The number of fused-ring (bicyclic) bond motifs is 1. The van der Waals surface area contributed by atoms with Gasteiger partial charge in [-0.25, -0.2) is 9.97 Å². The van der Waals surface area contributed by atoms with Crippen molar-refractivity contribution in [1.82, 2.24) is 20.3 Å². The van der Waals surface area contributed by atoms with E-state index >= 15 is 0 Å². The van der Waals surface area contributed by atoms with E-state index in [4.69, 9.17) is 0 Å². The summed E-state index contributed by atoms with van der Waals surface area (Å²) in [6.45, 7) is 5.79. The molecule has 0 saturated carbocycles. The molecule has 2 rings (SSSR count). The van der Waals surface area contributed by atoms with E-state index in [1.165, 1.54) is 6.33 Å². The third kappa shape index (κ3) is 2.03. The second kappa shape index (κ2) is 3.59. The molecule has 0 saturated heterocycles. The first kappa shape index (κ1) is 10.6. The fourth-order valence-electron chi connectivity index (χ4n) is 1.45. The smallest absolute Gasteiger partial charge is 0.271 e. The summed E-state index contributed by atoms with van der Waals surface area (Å²) in [5, 5.41) is 3.61. The van der Waals surface area contributed by atoms with Gasteiger partial charge in [0, 0.05) is 11.7 Å². The van der Waals surface area contributed by atoms with Gasteiger partial charge in [-0.2, -0.15) is 0 Å². The molecule has 0 radical (unpaired) electrons. The van der Waals surface area contributed by atoms with Gasteiger partial charge in [0.05, 0.1) is 5.39 Å². The lowest BCUT2D eigenvalue weighted by molar-refractivity contribution is 0.0916. The van der Waals surface area contributed by atoms with Crippen LogP contribution in [0.5, 0.6) is 0 Å². The van der Waals surface area contributed by atoms with Crippen LogP contribution in [0.1, 0.15) is 31.3 Å². The Kier molecular flexibility index (Phi) is 2.38. The van der Waals surface area contributed by atoms with Crippen LogP contribution in [0.25, 0.3) is 11.0 Å². The summed E-state index contributed by atoms with van der Waals surface area (Å²) in [5.41, 5.74) is 0.806. The van der Waals surface area contributed by atoms with Gasteiger partial charge in [0.25, 0.3) is 5.91 Å². The third-order valence-corrected chi connectivity index (χ3v) is 2.06. The Morgan fingerprint density at radius 2 is 2.12 bits per heavy atom. The number of aromatic nitrogens is 3. The zero-order valence-corrected chi connectivity index (χ0v) is 9.53. The average molecular weight is 218 g/mol. The maximum Gasteiger partial charge on any atom is 0.271 e. The molecule has 0 spiro atoms. The highest BCUT2D eigenvalue weighted by molar-refractivity contribution is 6.03. The van der Waals surface area contributed by atoms with E-state index in [1.807, 2.05) is 20.8 Å². The predicted molar refractivity (Wildman–Crippen MR) is 61.1 cm³/mol. The monoisotopic (exact) mass is 218 g/mol. The van der Waals surface area contributed by atoms with Gasteiger partial charge in [-0.05, 0) is 26.8 Å². The van der Waals surface area contributed by atoms with E-state index in [9.17, 15) is 4.79 Å². The minimum Gasteiger partial charge on any atom is -0.346 e. The summed E-state index contributed by atoms with van der Waals surface area (Å²) in [5.74, 6) is -0.181. The van der Waals surface area contributed by atoms with E-state index in [0.29, 0.717) is 11.3 Å². The number of hydrogen-bond acceptors (Lipinski definition) is 3. The van der Waals surface area contributed by atoms with Crippen LogP contribution in [-0.4, -0.2) is 26.4 Å². The van der Waals surface area contributed by atoms with Crippen LogP contribution >= 0.6 is 0 Å². The zero-order valence-electron chi connectivity index (χ0n) is 9.53. The molecular weight excluding hydrogens is 204 g/mol. The van der Waals surface area contributed by atoms with Crippen LogP contribution in [0.15, 0.2) is 18.6 Å². The molecule has 0 atom stereocenters. The Balaban J connectivity index is 2.40. The van der Waals surface area contributed by atoms with Gasteiger partial charge < -0.3 is 10.3 Å². The molecular formula is C11H14N4O. The molecule has 2 aromatic heterocycles. The minimum atomic E-state index is -0.273. The molecule has 84 valence electrons. The second-order valence-electron chi connectivity index (χ2n) is 4.67. The fraction of sp³-hybridized carbons (Fsp3) is 0.364. The SMILES string of the molecule is CC(C)(C)NC(=O)c1ncnc2[nH]ccc12. The molecule has 2 heterocycles. The quantitative estimate of drug-likeness (QED) is 0.761. The minimum absolute atomic E-state index is 0.181. The first-order valence-corrected chi connectivity index (χ1v) is 5.08. The standard InChI is InChI=1S/C11H14N4O/c1-11(2,3)15-10(16)8-7-4-5-12-9(7)14-6-13-8/h4-6H,1-3H3,(H,15,16)(H,12,13,14). The van der Waals surface area contributed by atoms with Gasteiger partial charge in [0.15, 0.2) is 0 Å². The number of hydrogen-bond donors (Lipinski definition) is 2. The van der Waals surface area contributed by atoms with Crippen molar-refractivity contribution in [1.29, 1.82) is 0 Å². The van der Waals surface area contributed by atoms with Crippen molar-refractivity contribution in [2.24, 2.45) is 0 Å². The molecule has 0 aliphatic carbocycles. The number of amides is 1. The van der Waals surface area contributed by atoms with Gasteiger partial charge >= 0.3 is 0 Å². The van der Waals surface area contributed by atoms with Gasteiger partial charge in [-0.3, -0.25) is 4.79 Å². The number of carbonyl (C=O) groups is 1. The fourth-order valence-corrected chi connectivity index (χ4v) is 1.45. The van der Waals surface area contributed by atoms with Crippen LogP contribution in [0.2, 0.25) is 0 Å². The summed E-state index contributed by atoms with van der Waals surface area (Å²) in [7, 11) is 0. The maximum atomic E-state index is 12.0. The number of H-pyrrole nitrogens is 1. The summed E-state index contributed by atoms with van der Waals surface area (Å²) >= 11 is 0. The number of carbonyl (C=O) groups excluding carboxylic acids is 1. The van der Waals surface area contributed by atoms with Crippen LogP contribution in [0.4, 0.5) is 0 Å². The summed E-state index contributed by atoms with van der Waals surface area (Å²) in [6.07, 6.45) is 3.13. The Labute approximate surface area is 93.3 Å². The van der Waals surface area contributed by atoms with E-state index < -0.39 is 0 Å². The highest BCUT2D eigenvalue weighted by Gasteiger charge is 2.18. The molecule has 0 aliphatic rings. The van der Waals surface area contributed by atoms with Crippen LogP contribution in [0.3, 0.4) is 0 Å². The van der Waals surface area contributed by atoms with Gasteiger partial charge in [-0.1, -0.05) is 0 Å². The predicted octanol–water partition coefficient (Wildman–Crippen LogP) is 1.49. The zero-order chi connectivity index (χ0) is 11.8. The van der Waals surface area contributed by atoms with E-state index in [-0.39, 0.29) is 11.4 Å². The molecule has 1 amide bonds. The molecule has 0 unspecified atom stereocenters. The lowest BCUT2D eigenvalue weighted by Gasteiger charge is -2.20. The molecule has 5 nitrogen and oxygen atoms in total. The van der Waals surface area contributed by atoms with Crippen LogP contribution in [-0.2, 0) is 0 Å². The van der Waals surface area contributed by atoms with Crippen molar-refractivity contribution in [3.05, 3.63) is 24.3 Å². The Morgan fingerprint density at radius 3 is 2.81 bits per heavy atom. The lowest BCUT2D eigenvalue weighted by atomic mass is 10.1. The first-order chi connectivity index (χ1) is 7.47. The highest BCUT2D eigenvalue weighted by atomic mass is 16.2. The summed E-state index contributed by atoms with van der Waals surface area (Å²) in [6, 6.07) is 1.80. The summed E-state index contributed by atoms with van der Waals surface area (Å²) < 4.78 is 0. The molecule has 16 heavy (non-hydrogen) atoms. The van der Waals surface area contributed by atoms with Crippen molar-refractivity contribution < 1.29 is 4.79 Å². The normalized spacial score (nSPS) is 11.7. The Morgan fingerprint density at radius 1 is 1.38 bits per heavy atom. The molecule has 5 heteroatoms. The van der Waals surface area contributed by atoms with E-state index in [2.05, 4.69) is 20.3 Å². The van der Waals surface area contributed by atoms with Gasteiger partial charge in [0.1, 0.15) is 17.7 Å². The van der Waals surface area contributed by atoms with Gasteiger partial charge in [-0.15, -0.1) is 0 Å². The van der Waals surface area contributed by atoms with E-state index in [0.717, 1.165) is 5.39 Å². The molecule has 0 fully saturated rings. The molecule has 0 aromatic carbocycles. The van der Waals surface area contributed by atoms with E-state index in [1.54, 1.807) is 12.3 Å². The third-order valence-electron chi connectivity index (χ3n) is 2.06. The number of nitrogens with one attached hydrogen (secondary N) is 2. The number of aromatic amines is 1. The lowest BCUT2D eigenvalue weighted by Crippen LogP contribution is -2.41. The number of nitrogens with zero attached hydrogens (tertiary/aromatic N) is 2. The van der Waals surface area contributed by atoms with Crippen molar-refractivity contribution >= 4 is 16.9 Å². The highest BCUT2D eigenvalue weighted by Crippen LogP contribution is 2.13. The number of rotatable bonds is 1. The van der Waals surface area contributed by atoms with Crippen molar-refractivity contribution in [2.75, 3.05) is 0 Å². The van der Waals surface area contributed by atoms with Crippen LogP contribution < -0.4 is 5.32 Å². The largest absolute Gasteiger partial charge is 0.346 e. The van der Waals surface area contributed by atoms with Gasteiger partial charge in [0.2, 0.25) is 0 Å². The Hall–Kier alpha value is -1.91.